The molecule has 0 atom stereocenters. The van der Waals surface area contributed by atoms with Crippen LogP contribution in [-0.2, 0) is 6.73 Å². The molecule has 2 aromatic carbocycles. The number of hydrogen-bond acceptors (Lipinski definition) is 1. The number of aliphatic hydroxyl groups excluding tert-OH is 1. The first-order valence-electron chi connectivity index (χ1n) is 5.18. The predicted octanol–water partition coefficient (Wildman–Crippen LogP) is 4.27. The fourth-order valence-electron chi connectivity index (χ4n) is 2.20. The van der Waals surface area contributed by atoms with Gasteiger partial charge in [0.2, 0.25) is 0 Å². The molecule has 1 heterocycles. The van der Waals surface area contributed by atoms with E-state index in [0.717, 1.165) is 30.8 Å². The smallest absolute Gasteiger partial charge is 0.120 e. The Morgan fingerprint density at radius 1 is 0.882 bits per heavy atom. The molecule has 0 aliphatic carbocycles. The molecule has 0 aliphatic rings. The summed E-state index contributed by atoms with van der Waals surface area (Å²) < 4.78 is 3.99. The van der Waals surface area contributed by atoms with Crippen molar-refractivity contribution in [2.75, 3.05) is 0 Å². The second-order valence-electron chi connectivity index (χ2n) is 3.89. The summed E-state index contributed by atoms with van der Waals surface area (Å²) in [5.74, 6) is 0. The van der Waals surface area contributed by atoms with Crippen molar-refractivity contribution < 1.29 is 5.11 Å². The topological polar surface area (TPSA) is 25.2 Å². The van der Waals surface area contributed by atoms with Gasteiger partial charge in [0, 0.05) is 19.7 Å². The van der Waals surface area contributed by atoms with Crippen molar-refractivity contribution in [1.29, 1.82) is 0 Å². The third-order valence-corrected chi connectivity index (χ3v) is 3.92. The zero-order chi connectivity index (χ0) is 12.0. The van der Waals surface area contributed by atoms with Gasteiger partial charge >= 0.3 is 0 Å². The molecule has 1 N–H and O–H groups in total. The van der Waals surface area contributed by atoms with E-state index in [1.807, 2.05) is 28.8 Å². The van der Waals surface area contributed by atoms with Crippen LogP contribution < -0.4 is 0 Å². The molecule has 0 spiro atoms. The SMILES string of the molecule is OCn1c2ccc(Br)cc2c2cc(Br)ccc21. The summed E-state index contributed by atoms with van der Waals surface area (Å²) in [6.07, 6.45) is 0. The second-order valence-corrected chi connectivity index (χ2v) is 5.72. The van der Waals surface area contributed by atoms with Crippen LogP contribution in [-0.4, -0.2) is 9.67 Å². The van der Waals surface area contributed by atoms with Crippen molar-refractivity contribution in [3.63, 3.8) is 0 Å². The maximum absolute atomic E-state index is 9.50. The zero-order valence-electron chi connectivity index (χ0n) is 8.82. The highest BCUT2D eigenvalue weighted by atomic mass is 79.9. The molecule has 3 aromatic rings. The molecule has 3 rings (SSSR count). The van der Waals surface area contributed by atoms with Crippen molar-refractivity contribution in [2.24, 2.45) is 0 Å². The largest absolute Gasteiger partial charge is 0.376 e. The molecular weight excluding hydrogens is 346 g/mol. The Morgan fingerprint density at radius 2 is 1.35 bits per heavy atom. The Morgan fingerprint density at radius 3 is 1.76 bits per heavy atom. The number of benzene rings is 2. The van der Waals surface area contributed by atoms with Crippen molar-refractivity contribution in [1.82, 2.24) is 4.57 Å². The lowest BCUT2D eigenvalue weighted by molar-refractivity contribution is 0.220. The molecule has 4 heteroatoms. The minimum Gasteiger partial charge on any atom is -0.376 e. The quantitative estimate of drug-likeness (QED) is 0.693. The molecule has 0 saturated carbocycles. The Balaban J connectivity index is 2.57. The van der Waals surface area contributed by atoms with Crippen LogP contribution >= 0.6 is 31.9 Å². The predicted molar refractivity (Wildman–Crippen MR) is 77.1 cm³/mol. The molecule has 86 valence electrons. The van der Waals surface area contributed by atoms with Gasteiger partial charge in [-0.15, -0.1) is 0 Å². The standard InChI is InChI=1S/C13H9Br2NO/c14-8-1-3-12-10(5-8)11-6-9(15)2-4-13(11)16(12)7-17/h1-6,17H,7H2. The van der Waals surface area contributed by atoms with E-state index >= 15 is 0 Å². The average Bonchev–Trinajstić information content (AvgIpc) is 2.62. The summed E-state index contributed by atoms with van der Waals surface area (Å²) in [7, 11) is 0. The first-order valence-corrected chi connectivity index (χ1v) is 6.77. The lowest BCUT2D eigenvalue weighted by atomic mass is 10.2. The van der Waals surface area contributed by atoms with Crippen LogP contribution in [0.1, 0.15) is 0 Å². The van der Waals surface area contributed by atoms with Crippen molar-refractivity contribution in [2.45, 2.75) is 6.73 Å². The van der Waals surface area contributed by atoms with E-state index in [-0.39, 0.29) is 6.73 Å². The van der Waals surface area contributed by atoms with E-state index in [1.54, 1.807) is 0 Å². The van der Waals surface area contributed by atoms with Gasteiger partial charge in [-0.2, -0.15) is 0 Å². The molecule has 0 radical (unpaired) electrons. The summed E-state index contributed by atoms with van der Waals surface area (Å²) in [6.45, 7) is -0.0107. The lowest BCUT2D eigenvalue weighted by Gasteiger charge is -2.01. The zero-order valence-corrected chi connectivity index (χ0v) is 12.0. The lowest BCUT2D eigenvalue weighted by Crippen LogP contribution is -1.95. The van der Waals surface area contributed by atoms with Gasteiger partial charge in [-0.3, -0.25) is 0 Å². The molecule has 2 nitrogen and oxygen atoms in total. The van der Waals surface area contributed by atoms with E-state index in [1.165, 1.54) is 0 Å². The number of aromatic nitrogens is 1. The third-order valence-electron chi connectivity index (χ3n) is 2.93. The second kappa shape index (κ2) is 4.12. The van der Waals surface area contributed by atoms with Crippen molar-refractivity contribution in [3.05, 3.63) is 45.3 Å². The normalized spacial score (nSPS) is 11.5. The van der Waals surface area contributed by atoms with E-state index in [2.05, 4.69) is 44.0 Å². The molecule has 0 amide bonds. The maximum atomic E-state index is 9.50. The summed E-state index contributed by atoms with van der Waals surface area (Å²) in [4.78, 5) is 0. The first-order chi connectivity index (χ1) is 8.20. The van der Waals surface area contributed by atoms with Gasteiger partial charge in [0.25, 0.3) is 0 Å². The molecular formula is C13H9Br2NO. The van der Waals surface area contributed by atoms with Crippen LogP contribution in [0.15, 0.2) is 45.3 Å². The summed E-state index contributed by atoms with van der Waals surface area (Å²) in [6, 6.07) is 12.2. The summed E-state index contributed by atoms with van der Waals surface area (Å²) in [5, 5.41) is 11.8. The highest BCUT2D eigenvalue weighted by molar-refractivity contribution is 9.10. The van der Waals surface area contributed by atoms with Crippen molar-refractivity contribution >= 4 is 53.7 Å². The number of hydrogen-bond donors (Lipinski definition) is 1. The van der Waals surface area contributed by atoms with Gasteiger partial charge < -0.3 is 9.67 Å². The van der Waals surface area contributed by atoms with Crippen LogP contribution in [0.25, 0.3) is 21.8 Å². The number of halogens is 2. The van der Waals surface area contributed by atoms with Gasteiger partial charge in [0.1, 0.15) is 6.73 Å². The van der Waals surface area contributed by atoms with E-state index < -0.39 is 0 Å². The van der Waals surface area contributed by atoms with Crippen molar-refractivity contribution in [3.8, 4) is 0 Å². The fraction of sp³-hybridized carbons (Fsp3) is 0.0769. The monoisotopic (exact) mass is 353 g/mol. The third kappa shape index (κ3) is 1.71. The molecule has 0 fully saturated rings. The fourth-order valence-corrected chi connectivity index (χ4v) is 2.92. The molecule has 0 unspecified atom stereocenters. The van der Waals surface area contributed by atoms with Gasteiger partial charge in [0.15, 0.2) is 0 Å². The molecule has 1 aromatic heterocycles. The van der Waals surface area contributed by atoms with Gasteiger partial charge in [-0.1, -0.05) is 31.9 Å². The van der Waals surface area contributed by atoms with Crippen LogP contribution in [0.4, 0.5) is 0 Å². The first kappa shape index (κ1) is 11.3. The summed E-state index contributed by atoms with van der Waals surface area (Å²) in [5.41, 5.74) is 2.09. The number of nitrogens with zero attached hydrogens (tertiary/aromatic N) is 1. The average molecular weight is 355 g/mol. The Bertz CT molecular complexity index is 659. The minimum atomic E-state index is -0.0107. The summed E-state index contributed by atoms with van der Waals surface area (Å²) >= 11 is 6.97. The molecule has 0 saturated heterocycles. The molecule has 0 aliphatic heterocycles. The van der Waals surface area contributed by atoms with Gasteiger partial charge in [-0.25, -0.2) is 0 Å². The number of aliphatic hydroxyl groups is 1. The van der Waals surface area contributed by atoms with E-state index in [0.29, 0.717) is 0 Å². The van der Waals surface area contributed by atoms with Gasteiger partial charge in [0.05, 0.1) is 11.0 Å². The van der Waals surface area contributed by atoms with Gasteiger partial charge in [-0.05, 0) is 36.4 Å². The molecule has 0 bridgehead atoms. The number of rotatable bonds is 1. The minimum absolute atomic E-state index is 0.0107. The van der Waals surface area contributed by atoms with E-state index in [9.17, 15) is 5.11 Å². The van der Waals surface area contributed by atoms with Crippen LogP contribution in [0.5, 0.6) is 0 Å². The van der Waals surface area contributed by atoms with Crippen LogP contribution in [0.2, 0.25) is 0 Å². The Labute approximate surface area is 115 Å². The Hall–Kier alpha value is -0.840. The molecule has 17 heavy (non-hydrogen) atoms. The maximum Gasteiger partial charge on any atom is 0.120 e. The van der Waals surface area contributed by atoms with Crippen LogP contribution in [0, 0.1) is 0 Å². The van der Waals surface area contributed by atoms with Crippen LogP contribution in [0.3, 0.4) is 0 Å². The van der Waals surface area contributed by atoms with E-state index in [4.69, 9.17) is 0 Å². The number of fused-ring (bicyclic) bond motifs is 3. The highest BCUT2D eigenvalue weighted by Crippen LogP contribution is 2.32. The Kier molecular flexibility index (Phi) is 2.73. The highest BCUT2D eigenvalue weighted by Gasteiger charge is 2.10.